The monoisotopic (exact) mass is 320 g/mol. The second-order valence-electron chi connectivity index (χ2n) is 3.82. The lowest BCUT2D eigenvalue weighted by atomic mass is 10.1. The number of nitrogens with two attached hydrogens (primary N) is 1. The van der Waals surface area contributed by atoms with Crippen LogP contribution in [0.5, 0.6) is 0 Å². The molecule has 1 aromatic carbocycles. The molecule has 1 fully saturated rings. The fourth-order valence-corrected chi connectivity index (χ4v) is 2.85. The summed E-state index contributed by atoms with van der Waals surface area (Å²) in [7, 11) is -3.64. The highest BCUT2D eigenvalue weighted by atomic mass is 79.9. The molecule has 1 aliphatic rings. The summed E-state index contributed by atoms with van der Waals surface area (Å²) in [6, 6.07) is 7.61. The summed E-state index contributed by atoms with van der Waals surface area (Å²) in [5, 5.41) is 5.11. The van der Waals surface area contributed by atoms with E-state index in [0.717, 1.165) is 10.0 Å². The smallest absolute Gasteiger partial charge is 0.277 e. The van der Waals surface area contributed by atoms with E-state index in [1.165, 1.54) is 4.31 Å². The normalized spacial score (nSPS) is 22.6. The Morgan fingerprint density at radius 1 is 1.47 bits per heavy atom. The highest BCUT2D eigenvalue weighted by Crippen LogP contribution is 2.25. The molecule has 5 nitrogen and oxygen atoms in total. The Labute approximate surface area is 109 Å². The average Bonchev–Trinajstić information content (AvgIpc) is 2.28. The number of hydrogen-bond acceptors (Lipinski definition) is 3. The van der Waals surface area contributed by atoms with Crippen LogP contribution in [0.3, 0.4) is 0 Å². The number of rotatable bonds is 2. The van der Waals surface area contributed by atoms with Crippen molar-refractivity contribution >= 4 is 26.1 Å². The minimum Gasteiger partial charge on any atom is -0.371 e. The third-order valence-electron chi connectivity index (χ3n) is 2.61. The minimum atomic E-state index is -3.64. The Morgan fingerprint density at radius 3 is 2.88 bits per heavy atom. The van der Waals surface area contributed by atoms with Crippen molar-refractivity contribution in [3.8, 4) is 0 Å². The first-order chi connectivity index (χ1) is 7.97. The molecule has 0 saturated carbocycles. The summed E-state index contributed by atoms with van der Waals surface area (Å²) in [6.45, 7) is 0.923. The Bertz CT molecular complexity index is 506. The molecule has 1 heterocycles. The van der Waals surface area contributed by atoms with E-state index in [0.29, 0.717) is 13.2 Å². The molecule has 7 heteroatoms. The first-order valence-electron chi connectivity index (χ1n) is 5.12. The van der Waals surface area contributed by atoms with Gasteiger partial charge in [0.1, 0.15) is 0 Å². The Morgan fingerprint density at radius 2 is 2.24 bits per heavy atom. The Hall–Kier alpha value is -0.470. The summed E-state index contributed by atoms with van der Waals surface area (Å²) in [6.07, 6.45) is -0.264. The highest BCUT2D eigenvalue weighted by Gasteiger charge is 2.27. The molecule has 94 valence electrons. The van der Waals surface area contributed by atoms with Crippen LogP contribution >= 0.6 is 15.9 Å². The molecule has 0 radical (unpaired) electrons. The van der Waals surface area contributed by atoms with Gasteiger partial charge in [0.15, 0.2) is 0 Å². The topological polar surface area (TPSA) is 72.6 Å². The second-order valence-corrected chi connectivity index (χ2v) is 6.28. The van der Waals surface area contributed by atoms with Crippen LogP contribution in [0.2, 0.25) is 0 Å². The van der Waals surface area contributed by atoms with Gasteiger partial charge in [-0.2, -0.15) is 12.7 Å². The van der Waals surface area contributed by atoms with Crippen molar-refractivity contribution < 1.29 is 13.2 Å². The van der Waals surface area contributed by atoms with Crippen LogP contribution in [-0.2, 0) is 14.9 Å². The van der Waals surface area contributed by atoms with Crippen LogP contribution in [0.15, 0.2) is 28.7 Å². The van der Waals surface area contributed by atoms with E-state index >= 15 is 0 Å². The maximum Gasteiger partial charge on any atom is 0.277 e. The predicted octanol–water partition coefficient (Wildman–Crippen LogP) is 1.03. The quantitative estimate of drug-likeness (QED) is 0.884. The van der Waals surface area contributed by atoms with Crippen LogP contribution in [0.25, 0.3) is 0 Å². The standard InChI is InChI=1S/C10H13BrN2O3S/c11-9-3-1-2-8(6-9)10-7-13(4-5-16-10)17(12,14)15/h1-3,6,10H,4-5,7H2,(H2,12,14,15). The molecule has 1 unspecified atom stereocenters. The molecule has 17 heavy (non-hydrogen) atoms. The SMILES string of the molecule is NS(=O)(=O)N1CCOC(c2cccc(Br)c2)C1. The molecule has 0 spiro atoms. The fourth-order valence-electron chi connectivity index (χ4n) is 1.77. The molecule has 0 aliphatic carbocycles. The van der Waals surface area contributed by atoms with Crippen molar-refractivity contribution in [2.75, 3.05) is 19.7 Å². The number of nitrogens with zero attached hydrogens (tertiary/aromatic N) is 1. The van der Waals surface area contributed by atoms with E-state index in [-0.39, 0.29) is 12.6 Å². The number of halogens is 1. The first kappa shape index (κ1) is 13.0. The van der Waals surface area contributed by atoms with Gasteiger partial charge in [-0.25, -0.2) is 5.14 Å². The summed E-state index contributed by atoms with van der Waals surface area (Å²) >= 11 is 3.37. The van der Waals surface area contributed by atoms with Crippen molar-refractivity contribution in [3.05, 3.63) is 34.3 Å². The van der Waals surface area contributed by atoms with Crippen LogP contribution in [0.4, 0.5) is 0 Å². The lowest BCUT2D eigenvalue weighted by molar-refractivity contribution is -0.00257. The molecular formula is C10H13BrN2O3S. The van der Waals surface area contributed by atoms with Gasteiger partial charge in [-0.3, -0.25) is 0 Å². The van der Waals surface area contributed by atoms with Crippen LogP contribution < -0.4 is 5.14 Å². The zero-order valence-electron chi connectivity index (χ0n) is 9.04. The predicted molar refractivity (Wildman–Crippen MR) is 67.5 cm³/mol. The van der Waals surface area contributed by atoms with Gasteiger partial charge >= 0.3 is 0 Å². The maximum absolute atomic E-state index is 11.3. The lowest BCUT2D eigenvalue weighted by Crippen LogP contribution is -2.45. The summed E-state index contributed by atoms with van der Waals surface area (Å²) in [5.41, 5.74) is 0.938. The van der Waals surface area contributed by atoms with Crippen LogP contribution in [0.1, 0.15) is 11.7 Å². The third-order valence-corrected chi connectivity index (χ3v) is 4.15. The molecule has 0 amide bonds. The van der Waals surface area contributed by atoms with Gasteiger partial charge in [-0.1, -0.05) is 28.1 Å². The second kappa shape index (κ2) is 5.03. The lowest BCUT2D eigenvalue weighted by Gasteiger charge is -2.31. The largest absolute Gasteiger partial charge is 0.371 e. The van der Waals surface area contributed by atoms with Crippen molar-refractivity contribution in [2.24, 2.45) is 5.14 Å². The number of morpholine rings is 1. The van der Waals surface area contributed by atoms with E-state index in [4.69, 9.17) is 9.88 Å². The third kappa shape index (κ3) is 3.26. The summed E-state index contributed by atoms with van der Waals surface area (Å²) in [5.74, 6) is 0. The summed E-state index contributed by atoms with van der Waals surface area (Å²) in [4.78, 5) is 0. The van der Waals surface area contributed by atoms with Gasteiger partial charge in [-0.05, 0) is 17.7 Å². The number of ether oxygens (including phenoxy) is 1. The molecular weight excluding hydrogens is 308 g/mol. The number of benzene rings is 1. The van der Waals surface area contributed by atoms with Crippen molar-refractivity contribution in [2.45, 2.75) is 6.10 Å². The molecule has 2 rings (SSSR count). The minimum absolute atomic E-state index is 0.259. The molecule has 1 aliphatic heterocycles. The van der Waals surface area contributed by atoms with Gasteiger partial charge in [0.25, 0.3) is 10.2 Å². The van der Waals surface area contributed by atoms with Crippen molar-refractivity contribution in [1.29, 1.82) is 0 Å². The van der Waals surface area contributed by atoms with E-state index in [9.17, 15) is 8.42 Å². The van der Waals surface area contributed by atoms with E-state index < -0.39 is 10.2 Å². The molecule has 0 aromatic heterocycles. The fraction of sp³-hybridized carbons (Fsp3) is 0.400. The molecule has 1 aromatic rings. The molecule has 0 bridgehead atoms. The average molecular weight is 321 g/mol. The Balaban J connectivity index is 2.18. The molecule has 2 N–H and O–H groups in total. The molecule has 1 saturated heterocycles. The zero-order valence-corrected chi connectivity index (χ0v) is 11.4. The summed E-state index contributed by atoms with van der Waals surface area (Å²) < 4.78 is 30.3. The maximum atomic E-state index is 11.3. The Kier molecular flexibility index (Phi) is 3.84. The van der Waals surface area contributed by atoms with Gasteiger partial charge in [0, 0.05) is 17.6 Å². The van der Waals surface area contributed by atoms with Gasteiger partial charge < -0.3 is 4.74 Å². The van der Waals surface area contributed by atoms with Crippen molar-refractivity contribution in [3.63, 3.8) is 0 Å². The zero-order chi connectivity index (χ0) is 12.5. The van der Waals surface area contributed by atoms with E-state index in [1.54, 1.807) is 0 Å². The van der Waals surface area contributed by atoms with E-state index in [2.05, 4.69) is 15.9 Å². The first-order valence-corrected chi connectivity index (χ1v) is 7.41. The van der Waals surface area contributed by atoms with Gasteiger partial charge in [-0.15, -0.1) is 0 Å². The van der Waals surface area contributed by atoms with E-state index in [1.807, 2.05) is 24.3 Å². The molecule has 1 atom stereocenters. The van der Waals surface area contributed by atoms with Gasteiger partial charge in [0.05, 0.1) is 12.7 Å². The highest BCUT2D eigenvalue weighted by molar-refractivity contribution is 9.10. The van der Waals surface area contributed by atoms with Crippen molar-refractivity contribution in [1.82, 2.24) is 4.31 Å². The van der Waals surface area contributed by atoms with Crippen LogP contribution in [-0.4, -0.2) is 32.4 Å². The van der Waals surface area contributed by atoms with Gasteiger partial charge in [0.2, 0.25) is 0 Å². The van der Waals surface area contributed by atoms with Crippen LogP contribution in [0, 0.1) is 0 Å². The number of hydrogen-bond donors (Lipinski definition) is 1.